The molecule has 2 heteroatoms. The third-order valence-corrected chi connectivity index (χ3v) is 1.19. The molecule has 0 N–H and O–H groups in total. The highest BCUT2D eigenvalue weighted by atomic mass is 19.1. The van der Waals surface area contributed by atoms with Crippen LogP contribution in [0.5, 0.6) is 0 Å². The monoisotopic (exact) mass is 149 g/mol. The summed E-state index contributed by atoms with van der Waals surface area (Å²) in [6.07, 6.45) is 2.29. The predicted molar refractivity (Wildman–Crippen MR) is 41.2 cm³/mol. The first-order chi connectivity index (χ1) is 5.33. The molecule has 0 aliphatic heterocycles. The van der Waals surface area contributed by atoms with E-state index in [2.05, 4.69) is 0 Å². The molecular formula is C9H6FO. The number of halogens is 1. The Hall–Kier alpha value is -1.44. The molecule has 0 heterocycles. The number of rotatable bonds is 2. The van der Waals surface area contributed by atoms with Crippen LogP contribution in [0.3, 0.4) is 0 Å². The summed E-state index contributed by atoms with van der Waals surface area (Å²) < 4.78 is 12.3. The fraction of sp³-hybridized carbons (Fsp3) is 0. The number of hydrogen-bond donors (Lipinski definition) is 0. The first-order valence-corrected chi connectivity index (χ1v) is 3.13. The van der Waals surface area contributed by atoms with Gasteiger partial charge in [0.2, 0.25) is 0 Å². The summed E-state index contributed by atoms with van der Waals surface area (Å²) in [7, 11) is 0. The van der Waals surface area contributed by atoms with Gasteiger partial charge in [-0.1, -0.05) is 30.3 Å². The maximum atomic E-state index is 12.3. The van der Waals surface area contributed by atoms with Crippen molar-refractivity contribution in [2.24, 2.45) is 0 Å². The lowest BCUT2D eigenvalue weighted by Gasteiger charge is -1.88. The van der Waals surface area contributed by atoms with E-state index in [1.54, 1.807) is 24.3 Å². The number of benzene rings is 1. The normalized spacial score (nSPS) is 11.2. The summed E-state index contributed by atoms with van der Waals surface area (Å²) in [5.74, 6) is -0.879. The molecule has 0 fully saturated rings. The van der Waals surface area contributed by atoms with Gasteiger partial charge in [0.15, 0.2) is 5.83 Å². The van der Waals surface area contributed by atoms with Gasteiger partial charge < -0.3 is 0 Å². The molecule has 0 saturated carbocycles. The molecule has 0 aliphatic carbocycles. The van der Waals surface area contributed by atoms with E-state index in [0.29, 0.717) is 5.56 Å². The smallest absolute Gasteiger partial charge is 0.264 e. The molecule has 1 nitrogen and oxygen atoms in total. The average molecular weight is 149 g/mol. The van der Waals surface area contributed by atoms with Crippen LogP contribution in [0, 0.1) is 0 Å². The van der Waals surface area contributed by atoms with Gasteiger partial charge >= 0.3 is 0 Å². The molecule has 1 rings (SSSR count). The molecule has 0 amide bonds. The van der Waals surface area contributed by atoms with Gasteiger partial charge in [-0.15, -0.1) is 0 Å². The zero-order valence-corrected chi connectivity index (χ0v) is 5.75. The summed E-state index contributed by atoms with van der Waals surface area (Å²) in [6.45, 7) is 0. The number of carbonyl (C=O) groups excluding carboxylic acids is 1. The minimum Gasteiger partial charge on any atom is -0.282 e. The largest absolute Gasteiger partial charge is 0.282 e. The van der Waals surface area contributed by atoms with Crippen molar-refractivity contribution >= 4 is 12.4 Å². The van der Waals surface area contributed by atoms with Crippen molar-refractivity contribution in [3.8, 4) is 0 Å². The van der Waals surface area contributed by atoms with Gasteiger partial charge in [-0.2, -0.15) is 0 Å². The van der Waals surface area contributed by atoms with Gasteiger partial charge in [0.05, 0.1) is 0 Å². The molecule has 1 radical (unpaired) electrons. The van der Waals surface area contributed by atoms with Crippen molar-refractivity contribution in [1.29, 1.82) is 0 Å². The predicted octanol–water partition coefficient (Wildman–Crippen LogP) is 2.11. The maximum Gasteiger partial charge on any atom is 0.264 e. The summed E-state index contributed by atoms with van der Waals surface area (Å²) in [5.41, 5.74) is 0.661. The minimum absolute atomic E-state index is 0.661. The van der Waals surface area contributed by atoms with Crippen molar-refractivity contribution in [1.82, 2.24) is 0 Å². The van der Waals surface area contributed by atoms with E-state index in [1.165, 1.54) is 0 Å². The van der Waals surface area contributed by atoms with Crippen molar-refractivity contribution in [2.45, 2.75) is 0 Å². The Bertz CT molecular complexity index is 264. The highest BCUT2D eigenvalue weighted by Gasteiger charge is 1.91. The Morgan fingerprint density at radius 3 is 2.55 bits per heavy atom. The van der Waals surface area contributed by atoms with E-state index >= 15 is 0 Å². The summed E-state index contributed by atoms with van der Waals surface area (Å²) >= 11 is 0. The molecule has 1 aromatic rings. The number of hydrogen-bond acceptors (Lipinski definition) is 1. The van der Waals surface area contributed by atoms with Crippen LogP contribution in [0.15, 0.2) is 36.2 Å². The van der Waals surface area contributed by atoms with E-state index in [0.717, 1.165) is 12.4 Å². The molecule has 1 aromatic carbocycles. The fourth-order valence-electron chi connectivity index (χ4n) is 0.725. The van der Waals surface area contributed by atoms with Crippen molar-refractivity contribution < 1.29 is 9.18 Å². The van der Waals surface area contributed by atoms with Crippen LogP contribution in [0.1, 0.15) is 5.56 Å². The van der Waals surface area contributed by atoms with Gasteiger partial charge in [-0.05, 0) is 11.6 Å². The highest BCUT2D eigenvalue weighted by Crippen LogP contribution is 2.04. The lowest BCUT2D eigenvalue weighted by atomic mass is 10.2. The molecule has 0 aliphatic rings. The highest BCUT2D eigenvalue weighted by molar-refractivity contribution is 5.79. The summed E-state index contributed by atoms with van der Waals surface area (Å²) in [6, 6.07) is 8.77. The second kappa shape index (κ2) is 3.66. The fourth-order valence-corrected chi connectivity index (χ4v) is 0.725. The number of allylic oxidation sites excluding steroid dienone is 1. The lowest BCUT2D eigenvalue weighted by Crippen LogP contribution is -1.74. The van der Waals surface area contributed by atoms with Crippen molar-refractivity contribution in [2.75, 3.05) is 0 Å². The standard InChI is InChI=1S/C9H6FO/c10-9(7-11)6-8-4-2-1-3-5-8/h1-6H. The van der Waals surface area contributed by atoms with Crippen LogP contribution in [0.25, 0.3) is 6.08 Å². The Morgan fingerprint density at radius 1 is 1.36 bits per heavy atom. The maximum absolute atomic E-state index is 12.3. The molecule has 0 bridgehead atoms. The van der Waals surface area contributed by atoms with Crippen molar-refractivity contribution in [3.63, 3.8) is 0 Å². The Labute approximate surface area is 64.2 Å². The van der Waals surface area contributed by atoms with Crippen LogP contribution in [-0.4, -0.2) is 6.29 Å². The molecule has 0 aromatic heterocycles. The summed E-state index contributed by atoms with van der Waals surface area (Å²) in [5, 5.41) is 0. The zero-order chi connectivity index (χ0) is 8.10. The quantitative estimate of drug-likeness (QED) is 0.588. The molecule has 0 spiro atoms. The SMILES string of the molecule is O=[C]C(F)=Cc1ccccc1. The average Bonchev–Trinajstić information content (AvgIpc) is 2.06. The third-order valence-electron chi connectivity index (χ3n) is 1.19. The van der Waals surface area contributed by atoms with Crippen LogP contribution in [0.4, 0.5) is 4.39 Å². The molecular weight excluding hydrogens is 143 g/mol. The minimum atomic E-state index is -0.879. The van der Waals surface area contributed by atoms with E-state index < -0.39 is 5.83 Å². The Morgan fingerprint density at radius 2 is 2.00 bits per heavy atom. The molecule has 11 heavy (non-hydrogen) atoms. The van der Waals surface area contributed by atoms with Gasteiger partial charge in [0.25, 0.3) is 6.29 Å². The van der Waals surface area contributed by atoms with Gasteiger partial charge in [-0.25, -0.2) is 4.39 Å². The lowest BCUT2D eigenvalue weighted by molar-refractivity contribution is 0.544. The van der Waals surface area contributed by atoms with Crippen molar-refractivity contribution in [3.05, 3.63) is 41.7 Å². The van der Waals surface area contributed by atoms with Gasteiger partial charge in [0, 0.05) is 0 Å². The Kier molecular flexibility index (Phi) is 2.55. The van der Waals surface area contributed by atoms with E-state index in [4.69, 9.17) is 0 Å². The van der Waals surface area contributed by atoms with Crippen LogP contribution >= 0.6 is 0 Å². The molecule has 0 saturated heterocycles. The molecule has 0 atom stereocenters. The first-order valence-electron chi connectivity index (χ1n) is 3.13. The summed E-state index contributed by atoms with van der Waals surface area (Å²) in [4.78, 5) is 9.74. The second-order valence-electron chi connectivity index (χ2n) is 2.01. The van der Waals surface area contributed by atoms with E-state index in [9.17, 15) is 9.18 Å². The van der Waals surface area contributed by atoms with Crippen LogP contribution in [0.2, 0.25) is 0 Å². The van der Waals surface area contributed by atoms with Gasteiger partial charge in [-0.3, -0.25) is 4.79 Å². The zero-order valence-electron chi connectivity index (χ0n) is 5.75. The van der Waals surface area contributed by atoms with Crippen LogP contribution in [-0.2, 0) is 4.79 Å². The second-order valence-corrected chi connectivity index (χ2v) is 2.01. The first kappa shape index (κ1) is 7.66. The Balaban J connectivity index is 2.87. The van der Waals surface area contributed by atoms with Crippen LogP contribution < -0.4 is 0 Å². The molecule has 55 valence electrons. The van der Waals surface area contributed by atoms with E-state index in [-0.39, 0.29) is 0 Å². The topological polar surface area (TPSA) is 17.1 Å². The van der Waals surface area contributed by atoms with E-state index in [1.807, 2.05) is 6.07 Å². The third kappa shape index (κ3) is 2.34. The molecule has 0 unspecified atom stereocenters. The van der Waals surface area contributed by atoms with Gasteiger partial charge in [0.1, 0.15) is 0 Å².